The van der Waals surface area contributed by atoms with Gasteiger partial charge in [-0.2, -0.15) is 4.85 Å². The fourth-order valence-corrected chi connectivity index (χ4v) is 11.5. The summed E-state index contributed by atoms with van der Waals surface area (Å²) in [6, 6.07) is 0. The van der Waals surface area contributed by atoms with Crippen LogP contribution in [0.4, 0.5) is 0 Å². The Balaban J connectivity index is 8.15. The van der Waals surface area contributed by atoms with Crippen LogP contribution in [0.25, 0.3) is 0 Å². The van der Waals surface area contributed by atoms with Crippen molar-refractivity contribution in [2.45, 2.75) is 94.2 Å². The molecule has 0 aromatic carbocycles. The summed E-state index contributed by atoms with van der Waals surface area (Å²) in [5, 5.41) is 0. The van der Waals surface area contributed by atoms with E-state index in [-0.39, 0.29) is 11.1 Å². The van der Waals surface area contributed by atoms with Crippen molar-refractivity contribution in [3.05, 3.63) is 0 Å². The molecule has 2 N–H and O–H groups in total. The van der Waals surface area contributed by atoms with Gasteiger partial charge in [0.1, 0.15) is 0 Å². The monoisotopic (exact) mass is 445 g/mol. The van der Waals surface area contributed by atoms with Gasteiger partial charge in [0.2, 0.25) is 0 Å². The highest BCUT2D eigenvalue weighted by atomic mass is 31.2. The molecular formula is C24H56N5P. The summed E-state index contributed by atoms with van der Waals surface area (Å²) < 4.78 is 7.51. The van der Waals surface area contributed by atoms with E-state index in [9.17, 15) is 0 Å². The molecular weight excluding hydrogens is 389 g/mol. The minimum Gasteiger partial charge on any atom is -0.251 e. The molecule has 0 aliphatic heterocycles. The van der Waals surface area contributed by atoms with Crippen molar-refractivity contribution in [3.63, 3.8) is 0 Å². The predicted octanol–water partition coefficient (Wildman–Crippen LogP) is 6.65. The summed E-state index contributed by atoms with van der Waals surface area (Å²) >= 11 is 0. The van der Waals surface area contributed by atoms with Crippen LogP contribution in [-0.2, 0) is 0 Å². The molecule has 0 aliphatic carbocycles. The average Bonchev–Trinajstić information content (AvgIpc) is 2.53. The first-order valence-electron chi connectivity index (χ1n) is 12.0. The molecule has 0 aliphatic rings. The molecule has 0 saturated heterocycles. The molecule has 0 amide bonds. The molecule has 0 spiro atoms. The van der Waals surface area contributed by atoms with Gasteiger partial charge in [0, 0.05) is 11.1 Å². The quantitative estimate of drug-likeness (QED) is 0.220. The van der Waals surface area contributed by atoms with Gasteiger partial charge in [0.15, 0.2) is 7.51 Å². The van der Waals surface area contributed by atoms with Crippen LogP contribution in [0.3, 0.4) is 0 Å². The minimum absolute atomic E-state index is 0.0794. The first-order chi connectivity index (χ1) is 13.5. The van der Waals surface area contributed by atoms with E-state index in [0.29, 0.717) is 35.5 Å². The molecule has 182 valence electrons. The number of hydrogen-bond acceptors (Lipinski definition) is 1. The second-order valence-corrected chi connectivity index (χ2v) is 14.7. The second kappa shape index (κ2) is 10.8. The Bertz CT molecular complexity index is 489. The number of rotatable bonds is 11. The Labute approximate surface area is 190 Å². The van der Waals surface area contributed by atoms with Crippen molar-refractivity contribution in [2.24, 2.45) is 46.2 Å². The van der Waals surface area contributed by atoms with Crippen LogP contribution in [0.1, 0.15) is 83.1 Å². The van der Waals surface area contributed by atoms with Gasteiger partial charge in [-0.05, 0) is 63.7 Å². The first-order valence-corrected chi connectivity index (χ1v) is 13.6. The van der Waals surface area contributed by atoms with Crippen LogP contribution >= 0.6 is 7.51 Å². The molecule has 0 bridgehead atoms. The smallest absolute Gasteiger partial charge is 0.185 e. The third-order valence-corrected chi connectivity index (χ3v) is 11.5. The van der Waals surface area contributed by atoms with E-state index in [0.717, 1.165) is 0 Å². The van der Waals surface area contributed by atoms with E-state index >= 15 is 0 Å². The Morgan fingerprint density at radius 2 is 0.733 bits per heavy atom. The van der Waals surface area contributed by atoms with Gasteiger partial charge in [-0.3, -0.25) is 9.34 Å². The molecule has 0 heterocycles. The predicted molar refractivity (Wildman–Crippen MR) is 137 cm³/mol. The highest BCUT2D eigenvalue weighted by Crippen LogP contribution is 2.68. The molecule has 0 radical (unpaired) electrons. The third kappa shape index (κ3) is 4.31. The van der Waals surface area contributed by atoms with E-state index in [4.69, 9.17) is 10.7 Å². The molecule has 0 atom stereocenters. The van der Waals surface area contributed by atoms with Gasteiger partial charge in [-0.15, -0.1) is 0 Å². The van der Waals surface area contributed by atoms with Crippen molar-refractivity contribution >= 4 is 7.51 Å². The van der Waals surface area contributed by atoms with Crippen molar-refractivity contribution in [1.82, 2.24) is 14.0 Å². The maximum absolute atomic E-state index is 6.45. The fourth-order valence-electron chi connectivity index (χ4n) is 7.24. The molecule has 0 rings (SSSR count). The molecule has 30 heavy (non-hydrogen) atoms. The summed E-state index contributed by atoms with van der Waals surface area (Å²) in [7, 11) is 6.25. The van der Waals surface area contributed by atoms with Gasteiger partial charge < -0.3 is 0 Å². The normalized spacial score (nSPS) is 14.9. The summed E-state index contributed by atoms with van der Waals surface area (Å²) in [5.74, 6) is 9.09. The highest BCUT2D eigenvalue weighted by Gasteiger charge is 2.62. The largest absolute Gasteiger partial charge is 0.251 e. The van der Waals surface area contributed by atoms with Crippen LogP contribution in [0, 0.1) is 35.5 Å². The Kier molecular flexibility index (Phi) is 10.8. The summed E-state index contributed by atoms with van der Waals surface area (Å²) in [6.07, 6.45) is 0. The molecule has 6 heteroatoms. The van der Waals surface area contributed by atoms with Crippen LogP contribution < -0.4 is 5.84 Å². The number of hydrogen-bond donors (Lipinski definition) is 1. The minimum atomic E-state index is -2.39. The van der Waals surface area contributed by atoms with Crippen molar-refractivity contribution in [3.8, 4) is 0 Å². The van der Waals surface area contributed by atoms with Crippen LogP contribution in [0.5, 0.6) is 0 Å². The van der Waals surface area contributed by atoms with Gasteiger partial charge in [-0.25, -0.2) is 10.5 Å². The Morgan fingerprint density at radius 1 is 0.533 bits per heavy atom. The molecule has 5 nitrogen and oxygen atoms in total. The number of nitrogens with two attached hydrogens (primary N) is 1. The third-order valence-electron chi connectivity index (χ3n) is 7.78. The summed E-state index contributed by atoms with van der Waals surface area (Å²) in [5.41, 5.74) is -0.159. The van der Waals surface area contributed by atoms with E-state index in [2.05, 4.69) is 125 Å². The zero-order chi connectivity index (χ0) is 24.4. The van der Waals surface area contributed by atoms with Crippen LogP contribution in [-0.4, -0.2) is 53.3 Å². The van der Waals surface area contributed by atoms with Gasteiger partial charge >= 0.3 is 0 Å². The lowest BCUT2D eigenvalue weighted by atomic mass is 9.62. The lowest BCUT2D eigenvalue weighted by molar-refractivity contribution is -0.103. The van der Waals surface area contributed by atoms with Gasteiger partial charge in [0.25, 0.3) is 0 Å². The molecule has 0 fully saturated rings. The lowest BCUT2D eigenvalue weighted by Gasteiger charge is -2.68. The second-order valence-electron chi connectivity index (χ2n) is 11.4. The Morgan fingerprint density at radius 3 is 0.833 bits per heavy atom. The SMILES string of the molecule is CC(C)C(C(C)C)(C(C)C)N(C(C(C)C)(C(C)C)C(C)C)P(=NN)(N(C)C)N(C)C. The van der Waals surface area contributed by atoms with E-state index < -0.39 is 7.51 Å². The fraction of sp³-hybridized carbons (Fsp3) is 1.00. The van der Waals surface area contributed by atoms with Crippen molar-refractivity contribution in [2.75, 3.05) is 28.2 Å². The average molecular weight is 446 g/mol. The molecule has 0 aromatic rings. The van der Waals surface area contributed by atoms with Crippen molar-refractivity contribution in [1.29, 1.82) is 0 Å². The van der Waals surface area contributed by atoms with E-state index in [1.165, 1.54) is 0 Å². The maximum Gasteiger partial charge on any atom is 0.185 e. The van der Waals surface area contributed by atoms with Gasteiger partial charge in [0.05, 0.1) is 0 Å². The molecule has 0 unspecified atom stereocenters. The lowest BCUT2D eigenvalue weighted by Crippen LogP contribution is -2.72. The maximum atomic E-state index is 6.45. The van der Waals surface area contributed by atoms with Gasteiger partial charge in [-0.1, -0.05) is 83.1 Å². The summed E-state index contributed by atoms with van der Waals surface area (Å²) in [6.45, 7) is 28.8. The van der Waals surface area contributed by atoms with Crippen LogP contribution in [0.2, 0.25) is 0 Å². The summed E-state index contributed by atoms with van der Waals surface area (Å²) in [4.78, 5) is 4.83. The number of nitrogens with zero attached hydrogens (tertiary/aromatic N) is 4. The molecule has 0 aromatic heterocycles. The van der Waals surface area contributed by atoms with E-state index in [1.54, 1.807) is 0 Å². The van der Waals surface area contributed by atoms with Crippen molar-refractivity contribution < 1.29 is 0 Å². The first kappa shape index (κ1) is 30.1. The van der Waals surface area contributed by atoms with E-state index in [1.807, 2.05) is 0 Å². The zero-order valence-corrected chi connectivity index (χ0v) is 24.2. The zero-order valence-electron chi connectivity index (χ0n) is 23.3. The molecule has 0 saturated carbocycles. The topological polar surface area (TPSA) is 48.1 Å². The Hall–Kier alpha value is 0.0700. The highest BCUT2D eigenvalue weighted by molar-refractivity contribution is 7.59. The standard InChI is InChI=1S/C24H56N5P/c1-17(2)23(18(3)4,19(5)6)29(30(26-25,27(13)14)28(15)16)24(20(7)8,21(9)10)22(11)12/h17-22H,25H2,1-16H3. The van der Waals surface area contributed by atoms with Crippen LogP contribution in [0.15, 0.2) is 4.85 Å².